The Morgan fingerprint density at radius 3 is 2.09 bits per heavy atom. The summed E-state index contributed by atoms with van der Waals surface area (Å²) in [6, 6.07) is 0. The molecule has 0 aliphatic carbocycles. The van der Waals surface area contributed by atoms with Gasteiger partial charge in [0.2, 0.25) is 0 Å². The quantitative estimate of drug-likeness (QED) is 0.163. The molecule has 0 bridgehead atoms. The highest BCUT2D eigenvalue weighted by atomic mass is 16.6. The number of allylic oxidation sites excluding steroid dienone is 1. The van der Waals surface area contributed by atoms with E-state index < -0.39 is 42.0 Å². The smallest absolute Gasteiger partial charge is 0.408 e. The first kappa shape index (κ1) is 29.4. The maximum absolute atomic E-state index is 12.4. The highest BCUT2D eigenvalue weighted by Gasteiger charge is 2.58. The molecule has 1 aliphatic rings. The number of aliphatic hydroxyl groups excluding tert-OH is 2. The van der Waals surface area contributed by atoms with E-state index in [0.717, 1.165) is 12.8 Å². The fraction of sp³-hybridized carbons (Fsp3) is 0.846. The number of cyclic esters (lactones) is 1. The molecule has 192 valence electrons. The molecule has 1 fully saturated rings. The zero-order chi connectivity index (χ0) is 24.7. The summed E-state index contributed by atoms with van der Waals surface area (Å²) >= 11 is 0. The molecule has 0 spiro atoms. The van der Waals surface area contributed by atoms with Crippen LogP contribution in [0.3, 0.4) is 0 Å². The Kier molecular flexibility index (Phi) is 13.7. The molecule has 33 heavy (non-hydrogen) atoms. The summed E-state index contributed by atoms with van der Waals surface area (Å²) in [4.78, 5) is 24.5. The number of amides is 1. The number of hydrogen-bond donors (Lipinski definition) is 3. The maximum atomic E-state index is 12.4. The van der Waals surface area contributed by atoms with Crippen molar-refractivity contribution in [2.75, 3.05) is 6.61 Å². The Morgan fingerprint density at radius 1 is 1.03 bits per heavy atom. The summed E-state index contributed by atoms with van der Waals surface area (Å²) in [5.74, 6) is -0.855. The Morgan fingerprint density at radius 2 is 1.58 bits per heavy atom. The molecule has 0 saturated carbocycles. The molecule has 7 heteroatoms. The molecule has 7 nitrogen and oxygen atoms in total. The predicted octanol–water partition coefficient (Wildman–Crippen LogP) is 5.18. The molecule has 1 rings (SSSR count). The molecule has 0 aromatic rings. The summed E-state index contributed by atoms with van der Waals surface area (Å²) in [6.45, 7) is 6.53. The molecule has 3 atom stereocenters. The van der Waals surface area contributed by atoms with Crippen molar-refractivity contribution in [3.05, 3.63) is 12.2 Å². The second-order valence-corrected chi connectivity index (χ2v) is 10.2. The first-order valence-electron chi connectivity index (χ1n) is 12.8. The fourth-order valence-electron chi connectivity index (χ4n) is 4.01. The highest BCUT2D eigenvalue weighted by molar-refractivity contribution is 5.89. The fourth-order valence-corrected chi connectivity index (χ4v) is 4.01. The van der Waals surface area contributed by atoms with Gasteiger partial charge in [-0.25, -0.2) is 9.59 Å². The van der Waals surface area contributed by atoms with Crippen LogP contribution in [-0.2, 0) is 14.3 Å². The molecule has 0 radical (unpaired) electrons. The minimum absolute atomic E-state index is 0.322. The third-order valence-electron chi connectivity index (χ3n) is 5.96. The van der Waals surface area contributed by atoms with E-state index >= 15 is 0 Å². The predicted molar refractivity (Wildman–Crippen MR) is 130 cm³/mol. The van der Waals surface area contributed by atoms with Gasteiger partial charge in [0.15, 0.2) is 5.54 Å². The third kappa shape index (κ3) is 10.9. The second kappa shape index (κ2) is 15.3. The Bertz CT molecular complexity index is 600. The number of ether oxygens (including phenoxy) is 2. The summed E-state index contributed by atoms with van der Waals surface area (Å²) in [7, 11) is 0. The van der Waals surface area contributed by atoms with Crippen LogP contribution >= 0.6 is 0 Å². The number of alkyl carbamates (subject to hydrolysis) is 1. The van der Waals surface area contributed by atoms with Crippen LogP contribution in [0.25, 0.3) is 0 Å². The lowest BCUT2D eigenvalue weighted by Gasteiger charge is -2.29. The van der Waals surface area contributed by atoms with Crippen molar-refractivity contribution in [3.8, 4) is 0 Å². The van der Waals surface area contributed by atoms with Crippen LogP contribution in [0.4, 0.5) is 4.79 Å². The lowest BCUT2D eigenvalue weighted by molar-refractivity contribution is -0.147. The van der Waals surface area contributed by atoms with E-state index in [1.165, 1.54) is 64.2 Å². The number of rotatable bonds is 16. The van der Waals surface area contributed by atoms with Crippen LogP contribution in [0.1, 0.15) is 111 Å². The molecule has 0 unspecified atom stereocenters. The number of esters is 1. The van der Waals surface area contributed by atoms with E-state index in [2.05, 4.69) is 12.2 Å². The molecular weight excluding hydrogens is 422 g/mol. The van der Waals surface area contributed by atoms with E-state index in [1.54, 1.807) is 20.8 Å². The van der Waals surface area contributed by atoms with Crippen LogP contribution in [-0.4, -0.2) is 52.2 Å². The zero-order valence-electron chi connectivity index (χ0n) is 21.2. The Balaban J connectivity index is 2.26. The molecule has 1 amide bonds. The summed E-state index contributed by atoms with van der Waals surface area (Å²) in [5, 5.41) is 22.7. The van der Waals surface area contributed by atoms with Crippen LogP contribution < -0.4 is 5.32 Å². The second-order valence-electron chi connectivity index (χ2n) is 10.2. The average molecular weight is 470 g/mol. The monoisotopic (exact) mass is 469 g/mol. The van der Waals surface area contributed by atoms with Crippen molar-refractivity contribution in [2.24, 2.45) is 0 Å². The van der Waals surface area contributed by atoms with Gasteiger partial charge in [-0.2, -0.15) is 0 Å². The van der Waals surface area contributed by atoms with Gasteiger partial charge in [0.1, 0.15) is 17.8 Å². The van der Waals surface area contributed by atoms with Crippen molar-refractivity contribution >= 4 is 12.1 Å². The SMILES string of the molecule is CCCCCCCCCCCCC/C=C/C[C@H]1OC(=O)[C@@](CO)(NC(=O)OC(C)(C)C)[C@H]1O. The number of hydrogen-bond acceptors (Lipinski definition) is 6. The first-order valence-corrected chi connectivity index (χ1v) is 12.8. The van der Waals surface area contributed by atoms with Gasteiger partial charge in [0.05, 0.1) is 6.61 Å². The van der Waals surface area contributed by atoms with Gasteiger partial charge in [-0.05, 0) is 33.6 Å². The molecule has 0 aromatic carbocycles. The van der Waals surface area contributed by atoms with Gasteiger partial charge < -0.3 is 25.0 Å². The largest absolute Gasteiger partial charge is 0.457 e. The van der Waals surface area contributed by atoms with Crippen LogP contribution in [0.5, 0.6) is 0 Å². The normalized spacial score (nSPS) is 23.2. The highest BCUT2D eigenvalue weighted by Crippen LogP contribution is 2.29. The Labute approximate surface area is 200 Å². The summed E-state index contributed by atoms with van der Waals surface area (Å²) in [6.07, 6.45) is 16.4. The number of nitrogens with one attached hydrogen (secondary N) is 1. The number of carbonyl (C=O) groups is 2. The minimum atomic E-state index is -1.91. The molecule has 3 N–H and O–H groups in total. The molecule has 1 heterocycles. The summed E-state index contributed by atoms with van der Waals surface area (Å²) < 4.78 is 10.4. The van der Waals surface area contributed by atoms with E-state index in [-0.39, 0.29) is 0 Å². The van der Waals surface area contributed by atoms with Gasteiger partial charge in [0, 0.05) is 6.42 Å². The molecular formula is C26H47NO6. The van der Waals surface area contributed by atoms with Gasteiger partial charge in [-0.1, -0.05) is 83.3 Å². The molecule has 1 aliphatic heterocycles. The van der Waals surface area contributed by atoms with Crippen molar-refractivity contribution in [1.29, 1.82) is 0 Å². The molecule has 0 aromatic heterocycles. The number of aliphatic hydroxyl groups is 2. The lowest BCUT2D eigenvalue weighted by Crippen LogP contribution is -2.62. The number of carbonyl (C=O) groups excluding carboxylic acids is 2. The van der Waals surface area contributed by atoms with Crippen molar-refractivity contribution in [2.45, 2.75) is 135 Å². The van der Waals surface area contributed by atoms with Crippen LogP contribution in [0, 0.1) is 0 Å². The van der Waals surface area contributed by atoms with E-state index in [4.69, 9.17) is 9.47 Å². The van der Waals surface area contributed by atoms with Gasteiger partial charge >= 0.3 is 12.1 Å². The van der Waals surface area contributed by atoms with E-state index in [9.17, 15) is 19.8 Å². The van der Waals surface area contributed by atoms with E-state index in [0.29, 0.717) is 6.42 Å². The summed E-state index contributed by atoms with van der Waals surface area (Å²) in [5.41, 5.74) is -2.68. The maximum Gasteiger partial charge on any atom is 0.408 e. The first-order chi connectivity index (χ1) is 15.7. The van der Waals surface area contributed by atoms with Gasteiger partial charge in [-0.15, -0.1) is 0 Å². The number of unbranched alkanes of at least 4 members (excludes halogenated alkanes) is 11. The van der Waals surface area contributed by atoms with Gasteiger partial charge in [0.25, 0.3) is 0 Å². The zero-order valence-corrected chi connectivity index (χ0v) is 21.2. The average Bonchev–Trinajstić information content (AvgIpc) is 2.97. The Hall–Kier alpha value is -1.60. The lowest BCUT2D eigenvalue weighted by atomic mass is 9.91. The van der Waals surface area contributed by atoms with Crippen molar-refractivity contribution < 1.29 is 29.3 Å². The molecule has 1 saturated heterocycles. The topological polar surface area (TPSA) is 105 Å². The third-order valence-corrected chi connectivity index (χ3v) is 5.96. The van der Waals surface area contributed by atoms with Crippen LogP contribution in [0.2, 0.25) is 0 Å². The standard InChI is InChI=1S/C26H47NO6/c1-5-6-7-8-9-10-11-12-13-14-15-16-17-18-19-21-22(29)26(20-28,23(30)32-21)27-24(31)33-25(2,3)4/h17-18,21-22,28-29H,5-16,19-20H2,1-4H3,(H,27,31)/b18-17+/t21-,22+,26+/m1/s1. The van der Waals surface area contributed by atoms with Crippen molar-refractivity contribution in [3.63, 3.8) is 0 Å². The van der Waals surface area contributed by atoms with Gasteiger partial charge in [-0.3, -0.25) is 0 Å². The van der Waals surface area contributed by atoms with Crippen LogP contribution in [0.15, 0.2) is 12.2 Å². The van der Waals surface area contributed by atoms with E-state index in [1.807, 2.05) is 12.2 Å². The van der Waals surface area contributed by atoms with Crippen molar-refractivity contribution in [1.82, 2.24) is 5.32 Å². The minimum Gasteiger partial charge on any atom is -0.457 e.